The largest absolute Gasteiger partial charge is 0.488 e. The van der Waals surface area contributed by atoms with E-state index < -0.39 is 0 Å². The van der Waals surface area contributed by atoms with Crippen LogP contribution in [0, 0.1) is 12.8 Å². The highest BCUT2D eigenvalue weighted by Crippen LogP contribution is 2.31. The summed E-state index contributed by atoms with van der Waals surface area (Å²) in [6, 6.07) is 6.03. The Morgan fingerprint density at radius 3 is 2.53 bits per heavy atom. The van der Waals surface area contributed by atoms with Gasteiger partial charge in [-0.15, -0.1) is 0 Å². The van der Waals surface area contributed by atoms with Gasteiger partial charge in [0, 0.05) is 0 Å². The fraction of sp³-hybridized carbons (Fsp3) is 0.600. The Hall–Kier alpha value is -1.18. The van der Waals surface area contributed by atoms with Gasteiger partial charge >= 0.3 is 0 Å². The molecular formula is C15H23NO. The highest BCUT2D eigenvalue weighted by atomic mass is 16.5. The molecule has 1 fully saturated rings. The van der Waals surface area contributed by atoms with E-state index in [4.69, 9.17) is 10.5 Å². The van der Waals surface area contributed by atoms with E-state index in [0.29, 0.717) is 6.10 Å². The minimum atomic E-state index is 0.364. The molecule has 0 radical (unpaired) electrons. The predicted molar refractivity (Wildman–Crippen MR) is 72.3 cm³/mol. The average molecular weight is 233 g/mol. The standard InChI is InChI=1S/C15H23NO/c1-3-12-5-7-13(8-6-12)17-15-9-4-11(2)10-14(15)16/h4,9-10,12-13H,3,5-8,16H2,1-2H3. The third kappa shape index (κ3) is 3.15. The van der Waals surface area contributed by atoms with Crippen LogP contribution in [0.3, 0.4) is 0 Å². The van der Waals surface area contributed by atoms with E-state index in [9.17, 15) is 0 Å². The molecule has 0 saturated heterocycles. The molecule has 1 saturated carbocycles. The van der Waals surface area contributed by atoms with Gasteiger partial charge in [-0.3, -0.25) is 0 Å². The lowest BCUT2D eigenvalue weighted by Crippen LogP contribution is -2.24. The lowest BCUT2D eigenvalue weighted by Gasteiger charge is -2.28. The Bertz CT molecular complexity index is 367. The molecule has 1 aromatic rings. The summed E-state index contributed by atoms with van der Waals surface area (Å²) in [7, 11) is 0. The number of nitrogens with two attached hydrogens (primary N) is 1. The first-order valence-electron chi connectivity index (χ1n) is 6.71. The Morgan fingerprint density at radius 2 is 1.94 bits per heavy atom. The number of ether oxygens (including phenoxy) is 1. The number of benzene rings is 1. The van der Waals surface area contributed by atoms with Crippen LogP contribution in [0.5, 0.6) is 5.75 Å². The van der Waals surface area contributed by atoms with Gasteiger partial charge in [0.2, 0.25) is 0 Å². The van der Waals surface area contributed by atoms with Gasteiger partial charge in [0.1, 0.15) is 5.75 Å². The third-order valence-electron chi connectivity index (χ3n) is 3.83. The SMILES string of the molecule is CCC1CCC(Oc2ccc(C)cc2N)CC1. The molecule has 0 spiro atoms. The van der Waals surface area contributed by atoms with Crippen LogP contribution in [0.25, 0.3) is 0 Å². The van der Waals surface area contributed by atoms with Crippen LogP contribution in [0.1, 0.15) is 44.6 Å². The molecule has 0 aromatic heterocycles. The lowest BCUT2D eigenvalue weighted by molar-refractivity contribution is 0.131. The highest BCUT2D eigenvalue weighted by molar-refractivity contribution is 5.54. The predicted octanol–water partition coefficient (Wildman–Crippen LogP) is 3.92. The molecule has 2 rings (SSSR count). The number of aryl methyl sites for hydroxylation is 1. The smallest absolute Gasteiger partial charge is 0.142 e. The lowest BCUT2D eigenvalue weighted by atomic mass is 9.86. The van der Waals surface area contributed by atoms with Crippen molar-refractivity contribution in [3.63, 3.8) is 0 Å². The van der Waals surface area contributed by atoms with Crippen molar-refractivity contribution < 1.29 is 4.74 Å². The molecule has 0 unspecified atom stereocenters. The van der Waals surface area contributed by atoms with E-state index in [-0.39, 0.29) is 0 Å². The molecule has 0 aliphatic heterocycles. The summed E-state index contributed by atoms with van der Waals surface area (Å²) >= 11 is 0. The van der Waals surface area contributed by atoms with Gasteiger partial charge in [0.25, 0.3) is 0 Å². The topological polar surface area (TPSA) is 35.2 Å². The minimum Gasteiger partial charge on any atom is -0.488 e. The van der Waals surface area contributed by atoms with Gasteiger partial charge < -0.3 is 10.5 Å². The zero-order chi connectivity index (χ0) is 12.3. The maximum atomic E-state index is 6.01. The zero-order valence-electron chi connectivity index (χ0n) is 10.9. The van der Waals surface area contributed by atoms with E-state index in [1.807, 2.05) is 19.1 Å². The summed E-state index contributed by atoms with van der Waals surface area (Å²) in [4.78, 5) is 0. The molecule has 0 bridgehead atoms. The number of nitrogen functional groups attached to an aromatic ring is 1. The number of rotatable bonds is 3. The number of anilines is 1. The molecule has 0 amide bonds. The van der Waals surface area contributed by atoms with Crippen LogP contribution in [0.4, 0.5) is 5.69 Å². The van der Waals surface area contributed by atoms with Crippen molar-refractivity contribution in [2.24, 2.45) is 5.92 Å². The van der Waals surface area contributed by atoms with Crippen LogP contribution in [-0.2, 0) is 0 Å². The summed E-state index contributed by atoms with van der Waals surface area (Å²) in [5.74, 6) is 1.76. The summed E-state index contributed by atoms with van der Waals surface area (Å²) < 4.78 is 6.01. The maximum absolute atomic E-state index is 6.01. The maximum Gasteiger partial charge on any atom is 0.142 e. The number of hydrogen-bond acceptors (Lipinski definition) is 2. The molecule has 1 aliphatic carbocycles. The van der Waals surface area contributed by atoms with Gasteiger partial charge in [-0.2, -0.15) is 0 Å². The fourth-order valence-corrected chi connectivity index (χ4v) is 2.61. The number of hydrogen-bond donors (Lipinski definition) is 1. The van der Waals surface area contributed by atoms with Crippen molar-refractivity contribution in [2.75, 3.05) is 5.73 Å². The van der Waals surface area contributed by atoms with E-state index >= 15 is 0 Å². The Balaban J connectivity index is 1.93. The summed E-state index contributed by atoms with van der Waals surface area (Å²) in [5, 5.41) is 0. The fourth-order valence-electron chi connectivity index (χ4n) is 2.61. The van der Waals surface area contributed by atoms with Crippen molar-refractivity contribution in [2.45, 2.75) is 52.1 Å². The molecule has 1 aliphatic rings. The summed E-state index contributed by atoms with van der Waals surface area (Å²) in [6.07, 6.45) is 6.61. The van der Waals surface area contributed by atoms with E-state index in [1.165, 1.54) is 37.7 Å². The minimum absolute atomic E-state index is 0.364. The second kappa shape index (κ2) is 5.44. The molecule has 2 nitrogen and oxygen atoms in total. The monoisotopic (exact) mass is 233 g/mol. The van der Waals surface area contributed by atoms with Crippen molar-refractivity contribution in [3.05, 3.63) is 23.8 Å². The molecule has 1 aromatic carbocycles. The second-order valence-electron chi connectivity index (χ2n) is 5.21. The third-order valence-corrected chi connectivity index (χ3v) is 3.83. The highest BCUT2D eigenvalue weighted by Gasteiger charge is 2.21. The van der Waals surface area contributed by atoms with Gasteiger partial charge in [-0.25, -0.2) is 0 Å². The zero-order valence-corrected chi connectivity index (χ0v) is 10.9. The van der Waals surface area contributed by atoms with Crippen LogP contribution in [0.15, 0.2) is 18.2 Å². The van der Waals surface area contributed by atoms with Gasteiger partial charge in [-0.05, 0) is 56.2 Å². The van der Waals surface area contributed by atoms with Gasteiger partial charge in [0.15, 0.2) is 0 Å². The second-order valence-corrected chi connectivity index (χ2v) is 5.21. The molecule has 0 heterocycles. The van der Waals surface area contributed by atoms with Gasteiger partial charge in [0.05, 0.1) is 11.8 Å². The van der Waals surface area contributed by atoms with Crippen LogP contribution in [0.2, 0.25) is 0 Å². The van der Waals surface area contributed by atoms with Crippen LogP contribution in [-0.4, -0.2) is 6.10 Å². The average Bonchev–Trinajstić information content (AvgIpc) is 2.34. The summed E-state index contributed by atoms with van der Waals surface area (Å²) in [5.41, 5.74) is 7.92. The van der Waals surface area contributed by atoms with Crippen molar-refractivity contribution in [3.8, 4) is 5.75 Å². The molecule has 0 atom stereocenters. The molecule has 2 N–H and O–H groups in total. The van der Waals surface area contributed by atoms with Gasteiger partial charge in [-0.1, -0.05) is 19.4 Å². The normalized spacial score (nSPS) is 24.6. The van der Waals surface area contributed by atoms with E-state index in [2.05, 4.69) is 13.0 Å². The van der Waals surface area contributed by atoms with Crippen molar-refractivity contribution in [1.29, 1.82) is 0 Å². The first-order chi connectivity index (χ1) is 8.19. The molecule has 2 heteroatoms. The molecule has 94 valence electrons. The summed E-state index contributed by atoms with van der Waals surface area (Å²) in [6.45, 7) is 4.33. The van der Waals surface area contributed by atoms with Crippen LogP contribution >= 0.6 is 0 Å². The quantitative estimate of drug-likeness (QED) is 0.803. The van der Waals surface area contributed by atoms with Crippen LogP contribution < -0.4 is 10.5 Å². The first kappa shape index (κ1) is 12.3. The Labute approximate surface area is 104 Å². The first-order valence-corrected chi connectivity index (χ1v) is 6.71. The van der Waals surface area contributed by atoms with Crippen molar-refractivity contribution in [1.82, 2.24) is 0 Å². The van der Waals surface area contributed by atoms with E-state index in [1.54, 1.807) is 0 Å². The van der Waals surface area contributed by atoms with E-state index in [0.717, 1.165) is 17.4 Å². The Morgan fingerprint density at radius 1 is 1.24 bits per heavy atom. The van der Waals surface area contributed by atoms with Crippen molar-refractivity contribution >= 4 is 5.69 Å². The molecular weight excluding hydrogens is 210 g/mol. The molecule has 17 heavy (non-hydrogen) atoms. The Kier molecular flexibility index (Phi) is 3.93.